The monoisotopic (exact) mass is 217 g/mol. The highest BCUT2D eigenvalue weighted by Crippen LogP contribution is 2.06. The van der Waals surface area contributed by atoms with E-state index in [4.69, 9.17) is 4.74 Å². The van der Waals surface area contributed by atoms with Gasteiger partial charge in [-0.05, 0) is 26.8 Å². The molecule has 5 heteroatoms. The summed E-state index contributed by atoms with van der Waals surface area (Å²) in [6.07, 6.45) is 0.700. The summed E-state index contributed by atoms with van der Waals surface area (Å²) in [5.41, 5.74) is -0.574. The molecule has 0 rings (SSSR count). The lowest BCUT2D eigenvalue weighted by Crippen LogP contribution is -2.32. The average molecular weight is 217 g/mol. The van der Waals surface area contributed by atoms with Crippen LogP contribution < -0.4 is 5.32 Å². The molecule has 0 aliphatic heterocycles. The molecule has 0 saturated carbocycles. The number of rotatable bonds is 4. The fraction of sp³-hybridized carbons (Fsp3) is 0.600. The minimum atomic E-state index is -0.613. The Labute approximate surface area is 88.5 Å². The van der Waals surface area contributed by atoms with Crippen molar-refractivity contribution in [2.75, 3.05) is 6.54 Å². The second-order valence-corrected chi connectivity index (χ2v) is 3.90. The van der Waals surface area contributed by atoms with Crippen molar-refractivity contribution >= 4 is 12.4 Å². The summed E-state index contributed by atoms with van der Waals surface area (Å²) in [5.74, 6) is -0.568. The number of allylic oxidation sites excluding steroid dienone is 1. The molecule has 0 radical (unpaired) electrons. The predicted octanol–water partition coefficient (Wildman–Crippen LogP) is 1.95. The van der Waals surface area contributed by atoms with Crippen molar-refractivity contribution in [2.24, 2.45) is 0 Å². The van der Waals surface area contributed by atoms with E-state index in [1.165, 1.54) is 0 Å². The van der Waals surface area contributed by atoms with Gasteiger partial charge in [0.1, 0.15) is 17.7 Å². The van der Waals surface area contributed by atoms with E-state index in [-0.39, 0.29) is 13.0 Å². The molecule has 15 heavy (non-hydrogen) atoms. The number of hydrogen-bond acceptors (Lipinski definition) is 3. The van der Waals surface area contributed by atoms with Crippen molar-refractivity contribution in [1.82, 2.24) is 5.32 Å². The van der Waals surface area contributed by atoms with Gasteiger partial charge in [-0.25, -0.2) is 9.18 Å². The lowest BCUT2D eigenvalue weighted by Gasteiger charge is -2.19. The molecular weight excluding hydrogens is 201 g/mol. The van der Waals surface area contributed by atoms with Gasteiger partial charge in [0, 0.05) is 6.54 Å². The summed E-state index contributed by atoms with van der Waals surface area (Å²) in [4.78, 5) is 21.0. The zero-order valence-corrected chi connectivity index (χ0v) is 9.17. The molecule has 0 saturated heterocycles. The summed E-state index contributed by atoms with van der Waals surface area (Å²) in [6.45, 7) is 5.20. The van der Waals surface area contributed by atoms with Gasteiger partial charge < -0.3 is 14.8 Å². The van der Waals surface area contributed by atoms with E-state index in [9.17, 15) is 14.0 Å². The third-order valence-electron chi connectivity index (χ3n) is 1.25. The molecule has 0 heterocycles. The van der Waals surface area contributed by atoms with E-state index >= 15 is 0 Å². The lowest BCUT2D eigenvalue weighted by molar-refractivity contribution is -0.107. The smallest absolute Gasteiger partial charge is 0.407 e. The Balaban J connectivity index is 3.82. The van der Waals surface area contributed by atoms with Crippen LogP contribution in [0.1, 0.15) is 27.2 Å². The van der Waals surface area contributed by atoms with Crippen LogP contribution in [-0.2, 0) is 9.53 Å². The fourth-order valence-corrected chi connectivity index (χ4v) is 0.722. The van der Waals surface area contributed by atoms with Crippen molar-refractivity contribution in [2.45, 2.75) is 32.8 Å². The minimum absolute atomic E-state index is 0.00852. The molecule has 0 unspecified atom stereocenters. The Hall–Kier alpha value is -1.39. The summed E-state index contributed by atoms with van der Waals surface area (Å²) in [6, 6.07) is 0. The van der Waals surface area contributed by atoms with Crippen LogP contribution >= 0.6 is 0 Å². The first-order valence-electron chi connectivity index (χ1n) is 4.60. The molecule has 1 N–H and O–H groups in total. The number of halogens is 1. The molecule has 4 nitrogen and oxygen atoms in total. The third-order valence-corrected chi connectivity index (χ3v) is 1.25. The molecule has 0 bridgehead atoms. The molecule has 1 amide bonds. The van der Waals surface area contributed by atoms with Crippen LogP contribution in [0.4, 0.5) is 9.18 Å². The van der Waals surface area contributed by atoms with Crippen LogP contribution in [0.25, 0.3) is 0 Å². The fourth-order valence-electron chi connectivity index (χ4n) is 0.722. The van der Waals surface area contributed by atoms with Crippen molar-refractivity contribution in [3.63, 3.8) is 0 Å². The normalized spacial score (nSPS) is 12.1. The maximum atomic E-state index is 12.6. The van der Waals surface area contributed by atoms with Crippen LogP contribution in [0.3, 0.4) is 0 Å². The maximum absolute atomic E-state index is 12.6. The molecule has 0 atom stereocenters. The van der Waals surface area contributed by atoms with E-state index in [0.29, 0.717) is 6.29 Å². The van der Waals surface area contributed by atoms with Crippen LogP contribution in [0.5, 0.6) is 0 Å². The Morgan fingerprint density at radius 3 is 2.53 bits per heavy atom. The molecule has 0 aliphatic carbocycles. The lowest BCUT2D eigenvalue weighted by atomic mass is 10.2. The van der Waals surface area contributed by atoms with Gasteiger partial charge in [0.2, 0.25) is 0 Å². The van der Waals surface area contributed by atoms with Crippen LogP contribution in [0.15, 0.2) is 11.9 Å². The minimum Gasteiger partial charge on any atom is -0.444 e. The van der Waals surface area contributed by atoms with Crippen LogP contribution in [0, 0.1) is 0 Å². The van der Waals surface area contributed by atoms with Crippen molar-refractivity contribution in [3.8, 4) is 0 Å². The molecule has 0 aliphatic rings. The number of amides is 1. The second-order valence-electron chi connectivity index (χ2n) is 3.90. The average Bonchev–Trinajstić information content (AvgIpc) is 2.00. The summed E-state index contributed by atoms with van der Waals surface area (Å²) >= 11 is 0. The number of nitrogens with one attached hydrogen (secondary N) is 1. The van der Waals surface area contributed by atoms with Gasteiger partial charge in [0.25, 0.3) is 0 Å². The van der Waals surface area contributed by atoms with E-state index in [1.54, 1.807) is 20.8 Å². The number of carbonyl (C=O) groups excluding carboxylic acids is 2. The van der Waals surface area contributed by atoms with Gasteiger partial charge in [-0.3, -0.25) is 0 Å². The van der Waals surface area contributed by atoms with Crippen molar-refractivity contribution in [3.05, 3.63) is 11.9 Å². The summed E-state index contributed by atoms with van der Waals surface area (Å²) < 4.78 is 17.5. The highest BCUT2D eigenvalue weighted by molar-refractivity contribution is 5.67. The molecular formula is C10H16FNO3. The first-order valence-corrected chi connectivity index (χ1v) is 4.60. The Morgan fingerprint density at radius 1 is 1.47 bits per heavy atom. The van der Waals surface area contributed by atoms with E-state index in [0.717, 1.165) is 6.08 Å². The molecule has 0 aromatic heterocycles. The molecule has 0 fully saturated rings. The van der Waals surface area contributed by atoms with Crippen LogP contribution in [-0.4, -0.2) is 24.5 Å². The zero-order chi connectivity index (χ0) is 11.9. The molecule has 0 aromatic carbocycles. The van der Waals surface area contributed by atoms with E-state index in [1.807, 2.05) is 0 Å². The number of carbonyl (C=O) groups is 2. The summed E-state index contributed by atoms with van der Waals surface area (Å²) in [7, 11) is 0. The number of hydrogen-bond donors (Lipinski definition) is 1. The Bertz CT molecular complexity index is 256. The van der Waals surface area contributed by atoms with Gasteiger partial charge in [-0.2, -0.15) is 0 Å². The summed E-state index contributed by atoms with van der Waals surface area (Å²) in [5, 5.41) is 2.34. The SMILES string of the molecule is CC(C)(C)OC(=O)NCC=C(F)CC=O. The van der Waals surface area contributed by atoms with Gasteiger partial charge in [-0.15, -0.1) is 0 Å². The molecule has 0 spiro atoms. The quantitative estimate of drug-likeness (QED) is 0.732. The third kappa shape index (κ3) is 8.93. The Morgan fingerprint density at radius 2 is 2.07 bits per heavy atom. The second kappa shape index (κ2) is 6.16. The van der Waals surface area contributed by atoms with Gasteiger partial charge >= 0.3 is 6.09 Å². The topological polar surface area (TPSA) is 55.4 Å². The highest BCUT2D eigenvalue weighted by atomic mass is 19.1. The van der Waals surface area contributed by atoms with Crippen molar-refractivity contribution in [1.29, 1.82) is 0 Å². The predicted molar refractivity (Wildman–Crippen MR) is 54.1 cm³/mol. The number of aldehydes is 1. The van der Waals surface area contributed by atoms with Crippen molar-refractivity contribution < 1.29 is 18.7 Å². The van der Waals surface area contributed by atoms with Gasteiger partial charge in [-0.1, -0.05) is 0 Å². The first-order chi connectivity index (χ1) is 6.85. The van der Waals surface area contributed by atoms with Gasteiger partial charge in [0.05, 0.1) is 6.42 Å². The van der Waals surface area contributed by atoms with Gasteiger partial charge in [0.15, 0.2) is 0 Å². The zero-order valence-electron chi connectivity index (χ0n) is 9.17. The standard InChI is InChI=1S/C10H16FNO3/c1-10(2,3)15-9(14)12-6-4-8(11)5-7-13/h4,7H,5-6H2,1-3H3,(H,12,14). The number of ether oxygens (including phenoxy) is 1. The highest BCUT2D eigenvalue weighted by Gasteiger charge is 2.15. The van der Waals surface area contributed by atoms with E-state index < -0.39 is 17.5 Å². The number of alkyl carbamates (subject to hydrolysis) is 1. The van der Waals surface area contributed by atoms with Crippen LogP contribution in [0.2, 0.25) is 0 Å². The van der Waals surface area contributed by atoms with E-state index in [2.05, 4.69) is 5.32 Å². The first kappa shape index (κ1) is 13.6. The molecule has 86 valence electrons. The largest absolute Gasteiger partial charge is 0.444 e. The Kier molecular flexibility index (Phi) is 5.59. The maximum Gasteiger partial charge on any atom is 0.407 e. The molecule has 0 aromatic rings.